The molecule has 0 saturated heterocycles. The average molecular weight is 324 g/mol. The molecule has 4 heteroatoms. The number of aryl methyl sites for hydroxylation is 2. The van der Waals surface area contributed by atoms with Gasteiger partial charge in [-0.15, -0.1) is 0 Å². The Kier molecular flexibility index (Phi) is 4.19. The fourth-order valence-corrected chi connectivity index (χ4v) is 3.28. The highest BCUT2D eigenvalue weighted by Gasteiger charge is 2.09. The molecule has 2 aromatic rings. The SMILES string of the molecule is Cc1cc(C)c(NC(=O)Cc2ccsc2)c(Br)c1. The van der Waals surface area contributed by atoms with E-state index in [0.29, 0.717) is 6.42 Å². The summed E-state index contributed by atoms with van der Waals surface area (Å²) in [5.41, 5.74) is 4.16. The standard InChI is InChI=1S/C14H14BrNOS/c1-9-5-10(2)14(12(15)6-9)16-13(17)7-11-3-4-18-8-11/h3-6,8H,7H2,1-2H3,(H,16,17). The number of hydrogen-bond acceptors (Lipinski definition) is 2. The van der Waals surface area contributed by atoms with E-state index in [4.69, 9.17) is 0 Å². The van der Waals surface area contributed by atoms with Gasteiger partial charge in [-0.1, -0.05) is 6.07 Å². The van der Waals surface area contributed by atoms with E-state index in [0.717, 1.165) is 21.3 Å². The summed E-state index contributed by atoms with van der Waals surface area (Å²) in [7, 11) is 0. The number of hydrogen-bond donors (Lipinski definition) is 1. The van der Waals surface area contributed by atoms with Crippen molar-refractivity contribution in [3.63, 3.8) is 0 Å². The lowest BCUT2D eigenvalue weighted by atomic mass is 10.1. The third kappa shape index (κ3) is 3.21. The molecule has 0 bridgehead atoms. The summed E-state index contributed by atoms with van der Waals surface area (Å²) >= 11 is 5.10. The lowest BCUT2D eigenvalue weighted by Gasteiger charge is -2.11. The predicted molar refractivity (Wildman–Crippen MR) is 80.3 cm³/mol. The van der Waals surface area contributed by atoms with Crippen LogP contribution in [0.4, 0.5) is 5.69 Å². The Morgan fingerprint density at radius 1 is 1.39 bits per heavy atom. The Morgan fingerprint density at radius 2 is 2.17 bits per heavy atom. The van der Waals surface area contributed by atoms with Crippen LogP contribution in [0.15, 0.2) is 33.4 Å². The van der Waals surface area contributed by atoms with Crippen LogP contribution >= 0.6 is 27.3 Å². The van der Waals surface area contributed by atoms with Crippen molar-refractivity contribution >= 4 is 38.9 Å². The lowest BCUT2D eigenvalue weighted by molar-refractivity contribution is -0.115. The van der Waals surface area contributed by atoms with E-state index in [1.165, 1.54) is 5.56 Å². The lowest BCUT2D eigenvalue weighted by Crippen LogP contribution is -2.15. The molecule has 0 spiro atoms. The Morgan fingerprint density at radius 3 is 2.78 bits per heavy atom. The smallest absolute Gasteiger partial charge is 0.228 e. The Bertz CT molecular complexity index is 540. The zero-order valence-corrected chi connectivity index (χ0v) is 12.7. The first-order valence-corrected chi connectivity index (χ1v) is 7.37. The normalized spacial score (nSPS) is 10.4. The van der Waals surface area contributed by atoms with Crippen molar-refractivity contribution < 1.29 is 4.79 Å². The van der Waals surface area contributed by atoms with E-state index in [1.54, 1.807) is 11.3 Å². The van der Waals surface area contributed by atoms with E-state index < -0.39 is 0 Å². The molecule has 0 fully saturated rings. The minimum Gasteiger partial charge on any atom is -0.325 e. The average Bonchev–Trinajstić information content (AvgIpc) is 2.76. The summed E-state index contributed by atoms with van der Waals surface area (Å²) in [6, 6.07) is 6.04. The zero-order valence-electron chi connectivity index (χ0n) is 10.3. The quantitative estimate of drug-likeness (QED) is 0.896. The van der Waals surface area contributed by atoms with Gasteiger partial charge in [0.1, 0.15) is 0 Å². The van der Waals surface area contributed by atoms with Gasteiger partial charge in [0.15, 0.2) is 0 Å². The summed E-state index contributed by atoms with van der Waals surface area (Å²) in [6.07, 6.45) is 0.420. The zero-order chi connectivity index (χ0) is 13.1. The first-order chi connectivity index (χ1) is 8.56. The van der Waals surface area contributed by atoms with Crippen molar-refractivity contribution in [1.29, 1.82) is 0 Å². The van der Waals surface area contributed by atoms with Crippen LogP contribution in [0, 0.1) is 13.8 Å². The fourth-order valence-electron chi connectivity index (χ4n) is 1.84. The number of benzene rings is 1. The van der Waals surface area contributed by atoms with Crippen molar-refractivity contribution in [2.24, 2.45) is 0 Å². The van der Waals surface area contributed by atoms with Gasteiger partial charge in [0.25, 0.3) is 0 Å². The highest BCUT2D eigenvalue weighted by atomic mass is 79.9. The summed E-state index contributed by atoms with van der Waals surface area (Å²) in [6.45, 7) is 4.03. The first kappa shape index (κ1) is 13.3. The van der Waals surface area contributed by atoms with Gasteiger partial charge < -0.3 is 5.32 Å². The maximum Gasteiger partial charge on any atom is 0.228 e. The molecule has 0 aliphatic rings. The number of rotatable bonds is 3. The number of thiophene rings is 1. The van der Waals surface area contributed by atoms with Crippen molar-refractivity contribution in [2.75, 3.05) is 5.32 Å². The molecule has 0 saturated carbocycles. The van der Waals surface area contributed by atoms with Crippen LogP contribution in [0.1, 0.15) is 16.7 Å². The van der Waals surface area contributed by atoms with Gasteiger partial charge in [-0.3, -0.25) is 4.79 Å². The van der Waals surface area contributed by atoms with E-state index in [2.05, 4.69) is 27.3 Å². The minimum atomic E-state index is 0.0149. The van der Waals surface area contributed by atoms with Crippen molar-refractivity contribution in [2.45, 2.75) is 20.3 Å². The molecule has 1 heterocycles. The molecule has 0 radical (unpaired) electrons. The van der Waals surface area contributed by atoms with Crippen LogP contribution in [0.5, 0.6) is 0 Å². The molecule has 0 aliphatic heterocycles. The molecule has 18 heavy (non-hydrogen) atoms. The van der Waals surface area contributed by atoms with Gasteiger partial charge >= 0.3 is 0 Å². The maximum absolute atomic E-state index is 11.9. The fraction of sp³-hybridized carbons (Fsp3) is 0.214. The first-order valence-electron chi connectivity index (χ1n) is 5.64. The predicted octanol–water partition coefficient (Wildman–Crippen LogP) is 4.31. The molecular formula is C14H14BrNOS. The van der Waals surface area contributed by atoms with Crippen LogP contribution in [0.25, 0.3) is 0 Å². The maximum atomic E-state index is 11.9. The molecule has 0 atom stereocenters. The Hall–Kier alpha value is -1.13. The third-order valence-electron chi connectivity index (χ3n) is 2.64. The minimum absolute atomic E-state index is 0.0149. The third-order valence-corrected chi connectivity index (χ3v) is 4.00. The molecule has 0 unspecified atom stereocenters. The van der Waals surface area contributed by atoms with E-state index in [9.17, 15) is 4.79 Å². The van der Waals surface area contributed by atoms with Crippen molar-refractivity contribution in [1.82, 2.24) is 0 Å². The van der Waals surface area contributed by atoms with Crippen LogP contribution in [-0.2, 0) is 11.2 Å². The van der Waals surface area contributed by atoms with Crippen LogP contribution in [0.3, 0.4) is 0 Å². The molecule has 1 amide bonds. The van der Waals surface area contributed by atoms with Crippen LogP contribution in [-0.4, -0.2) is 5.91 Å². The summed E-state index contributed by atoms with van der Waals surface area (Å²) < 4.78 is 0.929. The highest BCUT2D eigenvalue weighted by molar-refractivity contribution is 9.10. The summed E-state index contributed by atoms with van der Waals surface area (Å²) in [5.74, 6) is 0.0149. The number of carbonyl (C=O) groups is 1. The second kappa shape index (κ2) is 5.67. The van der Waals surface area contributed by atoms with Crippen LogP contribution in [0.2, 0.25) is 0 Å². The summed E-state index contributed by atoms with van der Waals surface area (Å²) in [5, 5.41) is 6.94. The van der Waals surface area contributed by atoms with Gasteiger partial charge in [-0.05, 0) is 69.4 Å². The van der Waals surface area contributed by atoms with Gasteiger partial charge in [-0.25, -0.2) is 0 Å². The number of anilines is 1. The van der Waals surface area contributed by atoms with E-state index in [1.807, 2.05) is 36.7 Å². The molecule has 1 aromatic heterocycles. The number of nitrogens with one attached hydrogen (secondary N) is 1. The molecule has 1 N–H and O–H groups in total. The van der Waals surface area contributed by atoms with Crippen molar-refractivity contribution in [3.8, 4) is 0 Å². The number of halogens is 1. The Labute approximate surface area is 119 Å². The number of carbonyl (C=O) groups excluding carboxylic acids is 1. The van der Waals surface area contributed by atoms with Crippen molar-refractivity contribution in [3.05, 3.63) is 50.1 Å². The largest absolute Gasteiger partial charge is 0.325 e. The second-order valence-electron chi connectivity index (χ2n) is 4.30. The number of amides is 1. The Balaban J connectivity index is 2.12. The summed E-state index contributed by atoms with van der Waals surface area (Å²) in [4.78, 5) is 11.9. The van der Waals surface area contributed by atoms with Crippen LogP contribution < -0.4 is 5.32 Å². The molecule has 0 aliphatic carbocycles. The van der Waals surface area contributed by atoms with Gasteiger partial charge in [0.05, 0.1) is 12.1 Å². The van der Waals surface area contributed by atoms with Gasteiger partial charge in [0, 0.05) is 4.47 Å². The molecule has 2 rings (SSSR count). The monoisotopic (exact) mass is 323 g/mol. The van der Waals surface area contributed by atoms with Gasteiger partial charge in [-0.2, -0.15) is 11.3 Å². The highest BCUT2D eigenvalue weighted by Crippen LogP contribution is 2.27. The molecular weight excluding hydrogens is 310 g/mol. The molecule has 94 valence electrons. The second-order valence-corrected chi connectivity index (χ2v) is 5.93. The van der Waals surface area contributed by atoms with E-state index in [-0.39, 0.29) is 5.91 Å². The topological polar surface area (TPSA) is 29.1 Å². The molecule has 1 aromatic carbocycles. The van der Waals surface area contributed by atoms with Gasteiger partial charge in [0.2, 0.25) is 5.91 Å². The molecule has 2 nitrogen and oxygen atoms in total. The van der Waals surface area contributed by atoms with E-state index >= 15 is 0 Å².